The molecule has 0 amide bonds. The minimum Gasteiger partial charge on any atom is -0.478 e. The molecular weight excluding hydrogens is 364 g/mol. The van der Waals surface area contributed by atoms with Crippen molar-refractivity contribution in [3.05, 3.63) is 111 Å². The number of rotatable bonds is 3. The van der Waals surface area contributed by atoms with Gasteiger partial charge in [-0.2, -0.15) is 0 Å². The fraction of sp³-hybridized carbons (Fsp3) is 0.167. The number of aromatic amines is 1. The van der Waals surface area contributed by atoms with Crippen molar-refractivity contribution in [2.24, 2.45) is 0 Å². The Labute approximate surface area is 168 Å². The lowest BCUT2D eigenvalue weighted by Crippen LogP contribution is -2.40. The smallest absolute Gasteiger partial charge is 0.264 e. The molecule has 29 heavy (non-hydrogen) atoms. The second-order valence-electron chi connectivity index (χ2n) is 7.45. The lowest BCUT2D eigenvalue weighted by atomic mass is 9.78. The summed E-state index contributed by atoms with van der Waals surface area (Å²) in [4.78, 5) is 15.6. The first kappa shape index (κ1) is 17.5. The van der Waals surface area contributed by atoms with Gasteiger partial charge in [-0.25, -0.2) is 0 Å². The van der Waals surface area contributed by atoms with Crippen molar-refractivity contribution < 1.29 is 9.66 Å². The van der Waals surface area contributed by atoms with Crippen LogP contribution in [0.3, 0.4) is 0 Å². The molecule has 0 bridgehead atoms. The average Bonchev–Trinajstić information content (AvgIpc) is 3.08. The van der Waals surface area contributed by atoms with Gasteiger partial charge in [-0.3, -0.25) is 10.1 Å². The van der Waals surface area contributed by atoms with Crippen LogP contribution in [-0.2, 0) is 0 Å². The molecule has 1 aliphatic heterocycles. The van der Waals surface area contributed by atoms with Gasteiger partial charge in [0.05, 0.1) is 5.92 Å². The summed E-state index contributed by atoms with van der Waals surface area (Å²) in [5.41, 5.74) is 4.58. The fourth-order valence-corrected chi connectivity index (χ4v) is 4.58. The molecule has 0 spiro atoms. The van der Waals surface area contributed by atoms with Crippen LogP contribution < -0.4 is 4.74 Å². The van der Waals surface area contributed by atoms with Crippen LogP contribution in [0.4, 0.5) is 0 Å². The van der Waals surface area contributed by atoms with Gasteiger partial charge >= 0.3 is 0 Å². The number of ether oxygens (including phenoxy) is 1. The number of nitrogens with one attached hydrogen (secondary N) is 1. The number of nitrogens with zero attached hydrogens (tertiary/aromatic N) is 1. The molecular formula is C24H20N2O3. The maximum absolute atomic E-state index is 12.4. The van der Waals surface area contributed by atoms with Crippen molar-refractivity contribution in [1.29, 1.82) is 0 Å². The average molecular weight is 384 g/mol. The van der Waals surface area contributed by atoms with E-state index in [-0.39, 0.29) is 4.92 Å². The Morgan fingerprint density at radius 1 is 0.931 bits per heavy atom. The van der Waals surface area contributed by atoms with E-state index >= 15 is 0 Å². The summed E-state index contributed by atoms with van der Waals surface area (Å²) in [5, 5.41) is 13.4. The summed E-state index contributed by atoms with van der Waals surface area (Å²) < 4.78 is 6.22. The highest BCUT2D eigenvalue weighted by molar-refractivity contribution is 5.86. The van der Waals surface area contributed by atoms with Crippen LogP contribution >= 0.6 is 0 Å². The first-order valence-corrected chi connectivity index (χ1v) is 9.66. The number of H-pyrrole nitrogens is 1. The van der Waals surface area contributed by atoms with Crippen molar-refractivity contribution in [3.8, 4) is 5.75 Å². The molecule has 1 aromatic heterocycles. The number of fused-ring (bicyclic) bond motifs is 2. The summed E-state index contributed by atoms with van der Waals surface area (Å²) in [6.07, 6.45) is -0.667. The van der Waals surface area contributed by atoms with Crippen LogP contribution in [0, 0.1) is 17.0 Å². The van der Waals surface area contributed by atoms with E-state index in [1.165, 1.54) is 0 Å². The predicted molar refractivity (Wildman–Crippen MR) is 112 cm³/mol. The van der Waals surface area contributed by atoms with Crippen molar-refractivity contribution in [2.75, 3.05) is 0 Å². The Morgan fingerprint density at radius 3 is 2.41 bits per heavy atom. The van der Waals surface area contributed by atoms with Gasteiger partial charge in [-0.1, -0.05) is 66.7 Å². The monoisotopic (exact) mass is 384 g/mol. The molecule has 3 aromatic carbocycles. The van der Waals surface area contributed by atoms with Crippen molar-refractivity contribution in [1.82, 2.24) is 4.98 Å². The Morgan fingerprint density at radius 2 is 1.62 bits per heavy atom. The van der Waals surface area contributed by atoms with E-state index in [0.29, 0.717) is 5.75 Å². The summed E-state index contributed by atoms with van der Waals surface area (Å²) in [6, 6.07) is 24.2. The third-order valence-corrected chi connectivity index (χ3v) is 5.79. The molecule has 0 radical (unpaired) electrons. The molecule has 3 atom stereocenters. The quantitative estimate of drug-likeness (QED) is 0.380. The molecule has 1 N–H and O–H groups in total. The van der Waals surface area contributed by atoms with Crippen molar-refractivity contribution in [2.45, 2.75) is 25.0 Å². The normalized spacial score (nSPS) is 20.8. The number of aromatic nitrogens is 1. The van der Waals surface area contributed by atoms with Crippen LogP contribution in [-0.4, -0.2) is 15.9 Å². The molecule has 0 aliphatic carbocycles. The topological polar surface area (TPSA) is 68.2 Å². The Balaban J connectivity index is 1.79. The van der Waals surface area contributed by atoms with E-state index in [1.807, 2.05) is 85.8 Å². The van der Waals surface area contributed by atoms with Gasteiger partial charge in [0.15, 0.2) is 6.10 Å². The summed E-state index contributed by atoms with van der Waals surface area (Å²) in [6.45, 7) is 1.99. The fourth-order valence-electron chi connectivity index (χ4n) is 4.58. The third-order valence-electron chi connectivity index (χ3n) is 5.79. The van der Waals surface area contributed by atoms with Gasteiger partial charge in [0.2, 0.25) is 0 Å². The highest BCUT2D eigenvalue weighted by Crippen LogP contribution is 2.48. The summed E-state index contributed by atoms with van der Waals surface area (Å²) in [5.74, 6) is 0.283. The van der Waals surface area contributed by atoms with E-state index in [4.69, 9.17) is 4.74 Å². The zero-order valence-corrected chi connectivity index (χ0v) is 15.9. The van der Waals surface area contributed by atoms with Crippen molar-refractivity contribution >= 4 is 10.9 Å². The predicted octanol–water partition coefficient (Wildman–Crippen LogP) is 5.39. The number of benzene rings is 3. The SMILES string of the molecule is Cc1[nH]c2ccccc2c1[C@H]1c2ccccc2O[C@H](c2ccccc2)[C@@H]1[N+](=O)[O-]. The highest BCUT2D eigenvalue weighted by atomic mass is 16.6. The molecule has 5 rings (SSSR count). The maximum Gasteiger partial charge on any atom is 0.264 e. The molecule has 0 saturated heterocycles. The van der Waals surface area contributed by atoms with E-state index < -0.39 is 18.1 Å². The molecule has 5 nitrogen and oxygen atoms in total. The zero-order chi connectivity index (χ0) is 20.0. The highest BCUT2D eigenvalue weighted by Gasteiger charge is 2.49. The minimum atomic E-state index is -0.940. The third kappa shape index (κ3) is 2.78. The molecule has 0 fully saturated rings. The Kier molecular flexibility index (Phi) is 4.09. The number of aryl methyl sites for hydroxylation is 1. The van der Waals surface area contributed by atoms with E-state index in [0.717, 1.165) is 33.3 Å². The molecule has 144 valence electrons. The first-order valence-electron chi connectivity index (χ1n) is 9.66. The maximum atomic E-state index is 12.4. The van der Waals surface area contributed by atoms with Crippen LogP contribution in [0.25, 0.3) is 10.9 Å². The summed E-state index contributed by atoms with van der Waals surface area (Å²) >= 11 is 0. The van der Waals surface area contributed by atoms with Gasteiger partial charge < -0.3 is 9.72 Å². The van der Waals surface area contributed by atoms with E-state index in [2.05, 4.69) is 4.98 Å². The van der Waals surface area contributed by atoms with Crippen LogP contribution in [0.2, 0.25) is 0 Å². The van der Waals surface area contributed by atoms with Crippen LogP contribution in [0.1, 0.15) is 34.4 Å². The van der Waals surface area contributed by atoms with Gasteiger partial charge in [-0.05, 0) is 30.2 Å². The first-order chi connectivity index (χ1) is 14.1. The van der Waals surface area contributed by atoms with Crippen LogP contribution in [0.5, 0.6) is 5.75 Å². The second-order valence-corrected chi connectivity index (χ2v) is 7.45. The lowest BCUT2D eigenvalue weighted by molar-refractivity contribution is -0.538. The Hall–Kier alpha value is -3.60. The largest absolute Gasteiger partial charge is 0.478 e. The van der Waals surface area contributed by atoms with Crippen molar-refractivity contribution in [3.63, 3.8) is 0 Å². The van der Waals surface area contributed by atoms with Gasteiger partial charge in [-0.15, -0.1) is 0 Å². The summed E-state index contributed by atoms with van der Waals surface area (Å²) in [7, 11) is 0. The Bertz CT molecular complexity index is 1200. The second kappa shape index (κ2) is 6.78. The lowest BCUT2D eigenvalue weighted by Gasteiger charge is -2.35. The number of hydrogen-bond acceptors (Lipinski definition) is 3. The molecule has 5 heteroatoms. The van der Waals surface area contributed by atoms with Gasteiger partial charge in [0, 0.05) is 27.1 Å². The standard InChI is InChI=1S/C24H20N2O3/c1-15-21(17-11-5-7-13-19(17)25-15)22-18-12-6-8-14-20(18)29-24(23(22)26(27)28)16-9-3-2-4-10-16/h2-14,22-25H,1H3/t22-,23-,24-/m1/s1. The molecule has 4 aromatic rings. The molecule has 2 heterocycles. The number of hydrogen-bond donors (Lipinski definition) is 1. The molecule has 0 unspecified atom stereocenters. The number of nitro groups is 1. The van der Waals surface area contributed by atoms with Gasteiger partial charge in [0.1, 0.15) is 5.75 Å². The minimum absolute atomic E-state index is 0.181. The zero-order valence-electron chi connectivity index (χ0n) is 15.9. The molecule has 0 saturated carbocycles. The van der Waals surface area contributed by atoms with Gasteiger partial charge in [0.25, 0.3) is 6.04 Å². The number of para-hydroxylation sites is 2. The van der Waals surface area contributed by atoms with E-state index in [1.54, 1.807) is 0 Å². The van der Waals surface area contributed by atoms with E-state index in [9.17, 15) is 10.1 Å². The van der Waals surface area contributed by atoms with Crippen LogP contribution in [0.15, 0.2) is 78.9 Å². The molecule has 1 aliphatic rings.